The largest absolute Gasteiger partial charge is 0.391 e. The minimum atomic E-state index is -0.139. The number of likely N-dealkylation sites (N-methyl/N-ethyl adjacent to an activating group) is 2. The molecule has 0 saturated heterocycles. The molecular weight excluding hydrogens is 200 g/mol. The van der Waals surface area contributed by atoms with E-state index >= 15 is 0 Å². The highest BCUT2D eigenvalue weighted by atomic mass is 16.3. The molecule has 1 aliphatic carbocycles. The quantitative estimate of drug-likeness (QED) is 0.788. The van der Waals surface area contributed by atoms with Crippen LogP contribution < -0.4 is 0 Å². The molecule has 1 aliphatic rings. The van der Waals surface area contributed by atoms with Gasteiger partial charge in [0, 0.05) is 19.1 Å². The summed E-state index contributed by atoms with van der Waals surface area (Å²) >= 11 is 0. The number of aliphatic hydroxyl groups excluding tert-OH is 1. The molecule has 0 spiro atoms. The van der Waals surface area contributed by atoms with Gasteiger partial charge < -0.3 is 10.0 Å². The van der Waals surface area contributed by atoms with Crippen molar-refractivity contribution in [1.82, 2.24) is 9.80 Å². The van der Waals surface area contributed by atoms with Gasteiger partial charge in [-0.25, -0.2) is 0 Å². The van der Waals surface area contributed by atoms with E-state index in [4.69, 9.17) is 0 Å². The van der Waals surface area contributed by atoms with Crippen molar-refractivity contribution >= 4 is 0 Å². The van der Waals surface area contributed by atoms with Crippen LogP contribution in [0.2, 0.25) is 0 Å². The smallest absolute Gasteiger partial charge is 0.0695 e. The predicted molar refractivity (Wildman–Crippen MR) is 68.6 cm³/mol. The zero-order valence-corrected chi connectivity index (χ0v) is 11.5. The van der Waals surface area contributed by atoms with E-state index in [2.05, 4.69) is 44.8 Å². The van der Waals surface area contributed by atoms with Gasteiger partial charge in [0.15, 0.2) is 0 Å². The van der Waals surface area contributed by atoms with Gasteiger partial charge in [-0.3, -0.25) is 4.90 Å². The fraction of sp³-hybridized carbons (Fsp3) is 1.00. The molecule has 96 valence electrons. The van der Waals surface area contributed by atoms with Crippen molar-refractivity contribution in [3.63, 3.8) is 0 Å². The maximum Gasteiger partial charge on any atom is 0.0695 e. The van der Waals surface area contributed by atoms with Gasteiger partial charge in [0.05, 0.1) is 6.10 Å². The molecule has 1 fully saturated rings. The summed E-state index contributed by atoms with van der Waals surface area (Å²) in [6.07, 6.45) is 3.06. The zero-order chi connectivity index (χ0) is 12.3. The molecule has 2 atom stereocenters. The van der Waals surface area contributed by atoms with Gasteiger partial charge in [0.25, 0.3) is 0 Å². The first-order valence-corrected chi connectivity index (χ1v) is 6.35. The van der Waals surface area contributed by atoms with Crippen LogP contribution in [0.15, 0.2) is 0 Å². The molecule has 3 nitrogen and oxygen atoms in total. The van der Waals surface area contributed by atoms with Crippen LogP contribution in [-0.4, -0.2) is 61.3 Å². The molecule has 2 unspecified atom stereocenters. The monoisotopic (exact) mass is 228 g/mol. The van der Waals surface area contributed by atoms with E-state index < -0.39 is 0 Å². The Bertz CT molecular complexity index is 216. The Kier molecular flexibility index (Phi) is 4.77. The Morgan fingerprint density at radius 1 is 1.19 bits per heavy atom. The predicted octanol–water partition coefficient (Wildman–Crippen LogP) is 1.42. The lowest BCUT2D eigenvalue weighted by molar-refractivity contribution is -0.00867. The standard InChI is InChI=1S/C13H28N2O/c1-13(2)7-6-12(16)11(10-13)15(5)9-8-14(3)4/h11-12,16H,6-10H2,1-5H3. The molecule has 1 rings (SSSR count). The van der Waals surface area contributed by atoms with Crippen molar-refractivity contribution in [3.8, 4) is 0 Å². The van der Waals surface area contributed by atoms with Crippen molar-refractivity contribution in [1.29, 1.82) is 0 Å². The van der Waals surface area contributed by atoms with Gasteiger partial charge in [0.1, 0.15) is 0 Å². The summed E-state index contributed by atoms with van der Waals surface area (Å²) in [7, 11) is 6.32. The Morgan fingerprint density at radius 2 is 1.81 bits per heavy atom. The van der Waals surface area contributed by atoms with Crippen molar-refractivity contribution < 1.29 is 5.11 Å². The first kappa shape index (κ1) is 13.9. The van der Waals surface area contributed by atoms with E-state index in [1.54, 1.807) is 0 Å². The molecule has 0 radical (unpaired) electrons. The minimum Gasteiger partial charge on any atom is -0.391 e. The topological polar surface area (TPSA) is 26.7 Å². The number of hydrogen-bond donors (Lipinski definition) is 1. The van der Waals surface area contributed by atoms with Gasteiger partial charge in [0.2, 0.25) is 0 Å². The lowest BCUT2D eigenvalue weighted by atomic mass is 9.73. The van der Waals surface area contributed by atoms with Gasteiger partial charge in [-0.05, 0) is 45.8 Å². The van der Waals surface area contributed by atoms with Gasteiger partial charge in [-0.2, -0.15) is 0 Å². The molecule has 0 heterocycles. The maximum atomic E-state index is 10.1. The minimum absolute atomic E-state index is 0.139. The fourth-order valence-corrected chi connectivity index (χ4v) is 2.51. The molecule has 3 heteroatoms. The third-order valence-corrected chi connectivity index (χ3v) is 3.79. The van der Waals surface area contributed by atoms with Crippen LogP contribution in [0.5, 0.6) is 0 Å². The first-order valence-electron chi connectivity index (χ1n) is 6.35. The van der Waals surface area contributed by atoms with Crippen LogP contribution in [0, 0.1) is 5.41 Å². The third-order valence-electron chi connectivity index (χ3n) is 3.79. The molecule has 0 bridgehead atoms. The molecule has 16 heavy (non-hydrogen) atoms. The van der Waals surface area contributed by atoms with E-state index in [1.807, 2.05) is 0 Å². The van der Waals surface area contributed by atoms with E-state index in [0.29, 0.717) is 11.5 Å². The van der Waals surface area contributed by atoms with Gasteiger partial charge in [-0.15, -0.1) is 0 Å². The van der Waals surface area contributed by atoms with Crippen LogP contribution in [0.4, 0.5) is 0 Å². The molecule has 1 N–H and O–H groups in total. The van der Waals surface area contributed by atoms with Crippen LogP contribution in [0.3, 0.4) is 0 Å². The number of aliphatic hydroxyl groups is 1. The Labute approximate surface area is 100 Å². The second-order valence-corrected chi connectivity index (χ2v) is 6.33. The highest BCUT2D eigenvalue weighted by molar-refractivity contribution is 4.89. The molecule has 0 aliphatic heterocycles. The lowest BCUT2D eigenvalue weighted by Crippen LogP contribution is -2.49. The first-order chi connectivity index (χ1) is 7.32. The summed E-state index contributed by atoms with van der Waals surface area (Å²) in [5.74, 6) is 0. The van der Waals surface area contributed by atoms with Gasteiger partial charge in [-0.1, -0.05) is 13.8 Å². The van der Waals surface area contributed by atoms with Crippen LogP contribution in [0.25, 0.3) is 0 Å². The van der Waals surface area contributed by atoms with Gasteiger partial charge >= 0.3 is 0 Å². The van der Waals surface area contributed by atoms with E-state index in [1.165, 1.54) is 0 Å². The summed E-state index contributed by atoms with van der Waals surface area (Å²) in [4.78, 5) is 4.52. The molecular formula is C13H28N2O. The maximum absolute atomic E-state index is 10.1. The highest BCUT2D eigenvalue weighted by Crippen LogP contribution is 2.37. The van der Waals surface area contributed by atoms with Crippen LogP contribution in [-0.2, 0) is 0 Å². The molecule has 0 aromatic rings. The van der Waals surface area contributed by atoms with Crippen LogP contribution >= 0.6 is 0 Å². The molecule has 0 aromatic carbocycles. The number of rotatable bonds is 4. The average molecular weight is 228 g/mol. The Balaban J connectivity index is 2.49. The van der Waals surface area contributed by atoms with E-state index in [-0.39, 0.29) is 6.10 Å². The summed E-state index contributed by atoms with van der Waals surface area (Å²) in [5, 5.41) is 10.1. The number of nitrogens with zero attached hydrogens (tertiary/aromatic N) is 2. The van der Waals surface area contributed by atoms with Crippen molar-refractivity contribution in [2.24, 2.45) is 5.41 Å². The Hall–Kier alpha value is -0.120. The summed E-state index contributed by atoms with van der Waals surface area (Å²) in [6.45, 7) is 6.71. The van der Waals surface area contributed by atoms with E-state index in [9.17, 15) is 5.11 Å². The summed E-state index contributed by atoms with van der Waals surface area (Å²) in [6, 6.07) is 0.337. The Morgan fingerprint density at radius 3 is 2.38 bits per heavy atom. The SMILES string of the molecule is CN(C)CCN(C)C1CC(C)(C)CCC1O. The zero-order valence-electron chi connectivity index (χ0n) is 11.5. The number of hydrogen-bond acceptors (Lipinski definition) is 3. The van der Waals surface area contributed by atoms with Crippen LogP contribution in [0.1, 0.15) is 33.1 Å². The normalized spacial score (nSPS) is 30.0. The molecule has 0 aromatic heterocycles. The average Bonchev–Trinajstić information content (AvgIpc) is 2.18. The van der Waals surface area contributed by atoms with Crippen molar-refractivity contribution in [2.75, 3.05) is 34.2 Å². The third kappa shape index (κ3) is 4.04. The highest BCUT2D eigenvalue weighted by Gasteiger charge is 2.35. The lowest BCUT2D eigenvalue weighted by Gasteiger charge is -2.43. The van der Waals surface area contributed by atoms with Crippen molar-refractivity contribution in [2.45, 2.75) is 45.3 Å². The second-order valence-electron chi connectivity index (χ2n) is 6.33. The molecule has 1 saturated carbocycles. The summed E-state index contributed by atoms with van der Waals surface area (Å²) < 4.78 is 0. The van der Waals surface area contributed by atoms with Crippen molar-refractivity contribution in [3.05, 3.63) is 0 Å². The second kappa shape index (κ2) is 5.48. The summed E-state index contributed by atoms with van der Waals surface area (Å²) in [5.41, 5.74) is 0.385. The van der Waals surface area contributed by atoms with E-state index in [0.717, 1.165) is 32.4 Å². The molecule has 0 amide bonds. The fourth-order valence-electron chi connectivity index (χ4n) is 2.51.